The van der Waals surface area contributed by atoms with E-state index in [9.17, 15) is 5.11 Å². The van der Waals surface area contributed by atoms with Crippen molar-refractivity contribution in [3.8, 4) is 0 Å². The van der Waals surface area contributed by atoms with Crippen LogP contribution < -0.4 is 5.32 Å². The Morgan fingerprint density at radius 2 is 2.15 bits per heavy atom. The first-order valence-corrected chi connectivity index (χ1v) is 7.46. The summed E-state index contributed by atoms with van der Waals surface area (Å²) in [5.41, 5.74) is 2.53. The smallest absolute Gasteiger partial charge is 0.0716 e. The van der Waals surface area contributed by atoms with Crippen molar-refractivity contribution < 1.29 is 9.84 Å². The summed E-state index contributed by atoms with van der Waals surface area (Å²) in [5.74, 6) is 0. The zero-order chi connectivity index (χ0) is 14.2. The minimum absolute atomic E-state index is 0.208. The Kier molecular flexibility index (Phi) is 6.47. The molecule has 1 aliphatic heterocycles. The highest BCUT2D eigenvalue weighted by Gasteiger charge is 2.18. The van der Waals surface area contributed by atoms with Gasteiger partial charge < -0.3 is 15.2 Å². The summed E-state index contributed by atoms with van der Waals surface area (Å²) in [5, 5.41) is 12.8. The van der Waals surface area contributed by atoms with Gasteiger partial charge in [0.15, 0.2) is 0 Å². The monoisotopic (exact) mass is 278 g/mol. The lowest BCUT2D eigenvalue weighted by atomic mass is 10.1. The number of aliphatic hydroxyl groups excluding tert-OH is 1. The number of aliphatic hydroxyl groups is 1. The molecule has 0 spiro atoms. The van der Waals surface area contributed by atoms with Crippen LogP contribution in [0.4, 0.5) is 0 Å². The molecule has 2 rings (SSSR count). The minimum Gasteiger partial charge on any atom is -0.395 e. The molecule has 20 heavy (non-hydrogen) atoms. The van der Waals surface area contributed by atoms with Crippen molar-refractivity contribution in [1.29, 1.82) is 0 Å². The molecular formula is C16H26N2O2. The van der Waals surface area contributed by atoms with Gasteiger partial charge in [-0.25, -0.2) is 0 Å². The highest BCUT2D eigenvalue weighted by atomic mass is 16.5. The van der Waals surface area contributed by atoms with Gasteiger partial charge in [-0.3, -0.25) is 4.90 Å². The van der Waals surface area contributed by atoms with Gasteiger partial charge >= 0.3 is 0 Å². The molecule has 1 aromatic carbocycles. The number of ether oxygens (including phenoxy) is 1. The second-order valence-corrected chi connectivity index (χ2v) is 5.45. The van der Waals surface area contributed by atoms with E-state index in [-0.39, 0.29) is 6.61 Å². The molecule has 1 aliphatic rings. The number of methoxy groups -OCH3 is 1. The third kappa shape index (κ3) is 4.56. The van der Waals surface area contributed by atoms with E-state index < -0.39 is 0 Å². The Morgan fingerprint density at radius 1 is 1.35 bits per heavy atom. The number of nitrogens with one attached hydrogen (secondary N) is 1. The molecule has 0 radical (unpaired) electrons. The Morgan fingerprint density at radius 3 is 2.80 bits per heavy atom. The maximum Gasteiger partial charge on any atom is 0.0716 e. The van der Waals surface area contributed by atoms with E-state index in [1.54, 1.807) is 7.11 Å². The van der Waals surface area contributed by atoms with Gasteiger partial charge in [0, 0.05) is 32.8 Å². The summed E-state index contributed by atoms with van der Waals surface area (Å²) in [6, 6.07) is 8.95. The fourth-order valence-corrected chi connectivity index (χ4v) is 2.85. The number of hydrogen-bond acceptors (Lipinski definition) is 4. The molecule has 4 nitrogen and oxygen atoms in total. The molecule has 1 saturated heterocycles. The van der Waals surface area contributed by atoms with Crippen molar-refractivity contribution in [2.45, 2.75) is 32.0 Å². The van der Waals surface area contributed by atoms with Gasteiger partial charge in [0.2, 0.25) is 0 Å². The maximum absolute atomic E-state index is 9.27. The molecule has 0 aliphatic carbocycles. The number of nitrogens with zero attached hydrogens (tertiary/aromatic N) is 1. The highest BCUT2D eigenvalue weighted by molar-refractivity contribution is 5.26. The molecule has 112 valence electrons. The van der Waals surface area contributed by atoms with Gasteiger partial charge in [0.25, 0.3) is 0 Å². The zero-order valence-electron chi connectivity index (χ0n) is 12.3. The average molecular weight is 278 g/mol. The van der Waals surface area contributed by atoms with Gasteiger partial charge in [0.1, 0.15) is 0 Å². The average Bonchev–Trinajstić information content (AvgIpc) is 2.94. The summed E-state index contributed by atoms with van der Waals surface area (Å²) < 4.78 is 5.26. The quantitative estimate of drug-likeness (QED) is 0.754. The molecule has 2 N–H and O–H groups in total. The van der Waals surface area contributed by atoms with Crippen LogP contribution in [0.5, 0.6) is 0 Å². The first-order valence-electron chi connectivity index (χ1n) is 7.46. The van der Waals surface area contributed by atoms with Crippen LogP contribution in [-0.4, -0.2) is 49.4 Å². The normalized spacial score (nSPS) is 18.9. The minimum atomic E-state index is 0.208. The number of benzene rings is 1. The predicted octanol–water partition coefficient (Wildman–Crippen LogP) is 1.38. The molecule has 1 fully saturated rings. The second kappa shape index (κ2) is 8.37. The lowest BCUT2D eigenvalue weighted by Gasteiger charge is -2.26. The Balaban J connectivity index is 1.99. The topological polar surface area (TPSA) is 44.7 Å². The highest BCUT2D eigenvalue weighted by Crippen LogP contribution is 2.14. The number of hydrogen-bond donors (Lipinski definition) is 2. The van der Waals surface area contributed by atoms with Gasteiger partial charge in [-0.05, 0) is 30.5 Å². The van der Waals surface area contributed by atoms with E-state index in [4.69, 9.17) is 4.74 Å². The lowest BCUT2D eigenvalue weighted by Crippen LogP contribution is -2.38. The van der Waals surface area contributed by atoms with Crippen molar-refractivity contribution in [2.75, 3.05) is 33.4 Å². The van der Waals surface area contributed by atoms with Gasteiger partial charge in [-0.15, -0.1) is 0 Å². The van der Waals surface area contributed by atoms with Gasteiger partial charge in [-0.2, -0.15) is 0 Å². The predicted molar refractivity (Wildman–Crippen MR) is 80.5 cm³/mol. The van der Waals surface area contributed by atoms with E-state index in [1.165, 1.54) is 24.0 Å². The first-order chi connectivity index (χ1) is 9.83. The number of rotatable bonds is 8. The van der Waals surface area contributed by atoms with E-state index in [0.717, 1.165) is 26.2 Å². The molecule has 1 atom stereocenters. The summed E-state index contributed by atoms with van der Waals surface area (Å²) >= 11 is 0. The van der Waals surface area contributed by atoms with Crippen LogP contribution in [0.15, 0.2) is 24.3 Å². The fraction of sp³-hybridized carbons (Fsp3) is 0.625. The van der Waals surface area contributed by atoms with E-state index in [1.807, 2.05) is 6.07 Å². The summed E-state index contributed by atoms with van der Waals surface area (Å²) in [4.78, 5) is 2.33. The van der Waals surface area contributed by atoms with Gasteiger partial charge in [0.05, 0.1) is 13.2 Å². The fourth-order valence-electron chi connectivity index (χ4n) is 2.85. The summed E-state index contributed by atoms with van der Waals surface area (Å²) in [6.07, 6.45) is 2.50. The SMILES string of the molecule is COCc1ccccc1CN(CCO)CC1CCCN1. The zero-order valence-corrected chi connectivity index (χ0v) is 12.3. The molecule has 4 heteroatoms. The van der Waals surface area contributed by atoms with E-state index in [2.05, 4.69) is 28.4 Å². The molecule has 1 aromatic rings. The Labute approximate surface area is 121 Å². The van der Waals surface area contributed by atoms with E-state index in [0.29, 0.717) is 12.6 Å². The van der Waals surface area contributed by atoms with Crippen LogP contribution >= 0.6 is 0 Å². The van der Waals surface area contributed by atoms with Crippen LogP contribution in [0, 0.1) is 0 Å². The summed E-state index contributed by atoms with van der Waals surface area (Å²) in [6.45, 7) is 4.57. The standard InChI is InChI=1S/C16H26N2O2/c1-20-13-15-6-3-2-5-14(15)11-18(9-10-19)12-16-7-4-8-17-16/h2-3,5-6,16-17,19H,4,7-13H2,1H3. The van der Waals surface area contributed by atoms with Gasteiger partial charge in [-0.1, -0.05) is 24.3 Å². The third-order valence-corrected chi connectivity index (χ3v) is 3.87. The molecule has 0 amide bonds. The van der Waals surface area contributed by atoms with Crippen molar-refractivity contribution in [3.05, 3.63) is 35.4 Å². The van der Waals surface area contributed by atoms with Crippen molar-refractivity contribution >= 4 is 0 Å². The van der Waals surface area contributed by atoms with E-state index >= 15 is 0 Å². The lowest BCUT2D eigenvalue weighted by molar-refractivity contribution is 0.171. The third-order valence-electron chi connectivity index (χ3n) is 3.87. The largest absolute Gasteiger partial charge is 0.395 e. The molecule has 0 bridgehead atoms. The van der Waals surface area contributed by atoms with Crippen LogP contribution in [0.25, 0.3) is 0 Å². The molecule has 1 unspecified atom stereocenters. The van der Waals surface area contributed by atoms with Crippen LogP contribution in [0.2, 0.25) is 0 Å². The van der Waals surface area contributed by atoms with Crippen molar-refractivity contribution in [1.82, 2.24) is 10.2 Å². The summed E-state index contributed by atoms with van der Waals surface area (Å²) in [7, 11) is 1.73. The molecule has 1 heterocycles. The molecular weight excluding hydrogens is 252 g/mol. The maximum atomic E-state index is 9.27. The molecule has 0 saturated carbocycles. The molecule has 0 aromatic heterocycles. The van der Waals surface area contributed by atoms with Crippen LogP contribution in [-0.2, 0) is 17.9 Å². The van der Waals surface area contributed by atoms with Crippen LogP contribution in [0.3, 0.4) is 0 Å². The second-order valence-electron chi connectivity index (χ2n) is 5.45. The van der Waals surface area contributed by atoms with Crippen molar-refractivity contribution in [3.63, 3.8) is 0 Å². The van der Waals surface area contributed by atoms with Crippen LogP contribution in [0.1, 0.15) is 24.0 Å². The first kappa shape index (κ1) is 15.4. The Hall–Kier alpha value is -0.940. The van der Waals surface area contributed by atoms with Crippen molar-refractivity contribution in [2.24, 2.45) is 0 Å². The Bertz CT molecular complexity index is 392.